The fourth-order valence-electron chi connectivity index (χ4n) is 2.44. The Morgan fingerprint density at radius 2 is 1.81 bits per heavy atom. The highest BCUT2D eigenvalue weighted by Crippen LogP contribution is 2.47. The number of hydrogen-bond donors (Lipinski definition) is 1. The Labute approximate surface area is 121 Å². The molecule has 0 saturated heterocycles. The van der Waals surface area contributed by atoms with E-state index in [0.29, 0.717) is 0 Å². The molecule has 1 aliphatic carbocycles. The summed E-state index contributed by atoms with van der Waals surface area (Å²) < 4.78 is 42.6. The first-order valence-corrected chi connectivity index (χ1v) is 6.61. The highest BCUT2D eigenvalue weighted by molar-refractivity contribution is 6.02. The highest BCUT2D eigenvalue weighted by Gasteiger charge is 2.51. The number of ether oxygens (including phenoxy) is 1. The van der Waals surface area contributed by atoms with Crippen LogP contribution in [0.2, 0.25) is 0 Å². The van der Waals surface area contributed by atoms with E-state index in [-0.39, 0.29) is 23.6 Å². The monoisotopic (exact) mass is 307 g/mol. The molecule has 0 bridgehead atoms. The van der Waals surface area contributed by atoms with Crippen molar-refractivity contribution in [2.75, 3.05) is 7.11 Å². The Bertz CT molecular complexity index is 478. The normalized spacial score (nSPS) is 19.1. The molecule has 1 aliphatic rings. The van der Waals surface area contributed by atoms with Crippen LogP contribution in [-0.4, -0.2) is 31.1 Å². The maximum atomic E-state index is 12.7. The first-order chi connectivity index (χ1) is 9.41. The molecule has 21 heavy (non-hydrogen) atoms. The summed E-state index contributed by atoms with van der Waals surface area (Å²) in [5.74, 6) is -2.61. The summed E-state index contributed by atoms with van der Waals surface area (Å²) in [5, 5.41) is 2.75. The zero-order chi connectivity index (χ0) is 16.6. The van der Waals surface area contributed by atoms with Crippen molar-refractivity contribution >= 4 is 11.8 Å². The highest BCUT2D eigenvalue weighted by atomic mass is 19.4. The number of esters is 1. The summed E-state index contributed by atoms with van der Waals surface area (Å²) in [6.45, 7) is 6.62. The molecule has 1 rings (SSSR count). The molecule has 0 aromatic heterocycles. The van der Waals surface area contributed by atoms with E-state index in [0.717, 1.165) is 0 Å². The van der Waals surface area contributed by atoms with Crippen LogP contribution in [0.1, 0.15) is 34.1 Å². The SMILES string of the molecule is COC(=O)C(NC1=C(C(=O)C(F)(F)F)C(C)(C)C1)C(C)C. The summed E-state index contributed by atoms with van der Waals surface area (Å²) >= 11 is 0. The smallest absolute Gasteiger partial charge is 0.454 e. The molecule has 4 nitrogen and oxygen atoms in total. The molecule has 0 aromatic carbocycles. The van der Waals surface area contributed by atoms with Crippen molar-refractivity contribution in [2.24, 2.45) is 11.3 Å². The number of ketones is 1. The van der Waals surface area contributed by atoms with Gasteiger partial charge in [-0.15, -0.1) is 0 Å². The Kier molecular flexibility index (Phi) is 4.75. The van der Waals surface area contributed by atoms with Gasteiger partial charge in [0.2, 0.25) is 0 Å². The van der Waals surface area contributed by atoms with Crippen LogP contribution >= 0.6 is 0 Å². The van der Waals surface area contributed by atoms with Crippen molar-refractivity contribution in [3.63, 3.8) is 0 Å². The van der Waals surface area contributed by atoms with Crippen LogP contribution in [0.4, 0.5) is 13.2 Å². The summed E-state index contributed by atoms with van der Waals surface area (Å²) in [5.41, 5.74) is -0.983. The van der Waals surface area contributed by atoms with Crippen molar-refractivity contribution in [1.29, 1.82) is 0 Å². The third-order valence-corrected chi connectivity index (χ3v) is 3.53. The van der Waals surface area contributed by atoms with Crippen LogP contribution in [0.15, 0.2) is 11.3 Å². The number of carbonyl (C=O) groups is 2. The summed E-state index contributed by atoms with van der Waals surface area (Å²) in [6.07, 6.45) is -4.64. The summed E-state index contributed by atoms with van der Waals surface area (Å²) in [7, 11) is 1.21. The van der Waals surface area contributed by atoms with Gasteiger partial charge >= 0.3 is 12.1 Å². The fraction of sp³-hybridized carbons (Fsp3) is 0.714. The van der Waals surface area contributed by atoms with Crippen LogP contribution in [0.25, 0.3) is 0 Å². The number of rotatable bonds is 5. The zero-order valence-corrected chi connectivity index (χ0v) is 12.7. The molecule has 0 aromatic rings. The molecule has 0 heterocycles. The van der Waals surface area contributed by atoms with Crippen LogP contribution in [0.5, 0.6) is 0 Å². The number of halogens is 3. The van der Waals surface area contributed by atoms with Crippen LogP contribution in [0.3, 0.4) is 0 Å². The molecule has 0 aliphatic heterocycles. The van der Waals surface area contributed by atoms with Crippen molar-refractivity contribution < 1.29 is 27.5 Å². The van der Waals surface area contributed by atoms with Gasteiger partial charge in [-0.05, 0) is 12.3 Å². The molecule has 0 radical (unpaired) electrons. The summed E-state index contributed by atoms with van der Waals surface area (Å²) in [4.78, 5) is 23.2. The van der Waals surface area contributed by atoms with Gasteiger partial charge in [-0.2, -0.15) is 13.2 Å². The molecule has 7 heteroatoms. The van der Waals surface area contributed by atoms with E-state index in [2.05, 4.69) is 10.1 Å². The van der Waals surface area contributed by atoms with Gasteiger partial charge in [-0.25, -0.2) is 4.79 Å². The molecule has 1 unspecified atom stereocenters. The fourth-order valence-corrected chi connectivity index (χ4v) is 2.44. The third kappa shape index (κ3) is 3.57. The van der Waals surface area contributed by atoms with E-state index in [1.54, 1.807) is 27.7 Å². The predicted octanol–water partition coefficient (Wildman–Crippen LogP) is 2.59. The Morgan fingerprint density at radius 3 is 2.14 bits per heavy atom. The molecule has 1 atom stereocenters. The van der Waals surface area contributed by atoms with E-state index in [1.807, 2.05) is 0 Å². The maximum Gasteiger partial charge on any atom is 0.454 e. The standard InChI is InChI=1S/C14H20F3NO3/c1-7(2)10(12(20)21-5)18-8-6-13(3,4)9(8)11(19)14(15,16)17/h7,10,18H,6H2,1-5H3. The van der Waals surface area contributed by atoms with Gasteiger partial charge < -0.3 is 10.1 Å². The van der Waals surface area contributed by atoms with Crippen molar-refractivity contribution in [3.8, 4) is 0 Å². The quantitative estimate of drug-likeness (QED) is 0.793. The zero-order valence-electron chi connectivity index (χ0n) is 12.7. The largest absolute Gasteiger partial charge is 0.467 e. The number of alkyl halides is 3. The summed E-state index contributed by atoms with van der Waals surface area (Å²) in [6, 6.07) is -0.780. The van der Waals surface area contributed by atoms with E-state index >= 15 is 0 Å². The lowest BCUT2D eigenvalue weighted by Crippen LogP contribution is -2.49. The van der Waals surface area contributed by atoms with Crippen LogP contribution in [-0.2, 0) is 14.3 Å². The first kappa shape index (κ1) is 17.5. The molecule has 0 amide bonds. The van der Waals surface area contributed by atoms with E-state index in [1.165, 1.54) is 7.11 Å². The van der Waals surface area contributed by atoms with Crippen molar-refractivity contribution in [3.05, 3.63) is 11.3 Å². The second-order valence-corrected chi connectivity index (χ2v) is 6.13. The van der Waals surface area contributed by atoms with Crippen LogP contribution in [0, 0.1) is 11.3 Å². The second-order valence-electron chi connectivity index (χ2n) is 6.13. The number of nitrogens with one attached hydrogen (secondary N) is 1. The van der Waals surface area contributed by atoms with Crippen molar-refractivity contribution in [1.82, 2.24) is 5.32 Å². The lowest BCUT2D eigenvalue weighted by molar-refractivity contribution is -0.168. The number of hydrogen-bond acceptors (Lipinski definition) is 4. The topological polar surface area (TPSA) is 55.4 Å². The third-order valence-electron chi connectivity index (χ3n) is 3.53. The minimum Gasteiger partial charge on any atom is -0.467 e. The molecular formula is C14H20F3NO3. The molecular weight excluding hydrogens is 287 g/mol. The Morgan fingerprint density at radius 1 is 1.29 bits per heavy atom. The van der Waals surface area contributed by atoms with E-state index < -0.39 is 29.4 Å². The Hall–Kier alpha value is -1.53. The number of carbonyl (C=O) groups excluding carboxylic acids is 2. The van der Waals surface area contributed by atoms with E-state index in [4.69, 9.17) is 0 Å². The van der Waals surface area contributed by atoms with Gasteiger partial charge in [0.15, 0.2) is 0 Å². The van der Waals surface area contributed by atoms with Gasteiger partial charge in [-0.1, -0.05) is 27.7 Å². The molecule has 1 N–H and O–H groups in total. The predicted molar refractivity (Wildman–Crippen MR) is 70.3 cm³/mol. The number of allylic oxidation sites excluding steroid dienone is 2. The number of methoxy groups -OCH3 is 1. The number of Topliss-reactive ketones (excluding diaryl/α,β-unsaturated/α-hetero) is 1. The first-order valence-electron chi connectivity index (χ1n) is 6.61. The van der Waals surface area contributed by atoms with Gasteiger partial charge in [0.1, 0.15) is 6.04 Å². The average molecular weight is 307 g/mol. The van der Waals surface area contributed by atoms with Crippen LogP contribution < -0.4 is 5.32 Å². The van der Waals surface area contributed by atoms with E-state index in [9.17, 15) is 22.8 Å². The molecule has 120 valence electrons. The average Bonchev–Trinajstić information content (AvgIpc) is 2.31. The van der Waals surface area contributed by atoms with Gasteiger partial charge in [-0.3, -0.25) is 4.79 Å². The van der Waals surface area contributed by atoms with Gasteiger partial charge in [0, 0.05) is 16.7 Å². The maximum absolute atomic E-state index is 12.7. The van der Waals surface area contributed by atoms with Crippen molar-refractivity contribution in [2.45, 2.75) is 46.3 Å². The second kappa shape index (κ2) is 5.69. The minimum absolute atomic E-state index is 0.173. The lowest BCUT2D eigenvalue weighted by Gasteiger charge is -2.41. The molecule has 0 saturated carbocycles. The van der Waals surface area contributed by atoms with Gasteiger partial charge in [0.25, 0.3) is 5.78 Å². The molecule has 0 fully saturated rings. The lowest BCUT2D eigenvalue weighted by atomic mass is 9.67. The van der Waals surface area contributed by atoms with Gasteiger partial charge in [0.05, 0.1) is 7.11 Å². The Balaban J connectivity index is 3.10. The minimum atomic E-state index is -4.92. The molecule has 0 spiro atoms.